The zero-order chi connectivity index (χ0) is 24.4. The third-order valence-corrected chi connectivity index (χ3v) is 9.31. The van der Waals surface area contributed by atoms with E-state index in [-0.39, 0.29) is 16.8 Å². The van der Waals surface area contributed by atoms with Gasteiger partial charge in [-0.25, -0.2) is 13.1 Å². The van der Waals surface area contributed by atoms with Gasteiger partial charge in [0, 0.05) is 11.7 Å². The summed E-state index contributed by atoms with van der Waals surface area (Å²) in [6.45, 7) is 1.99. The van der Waals surface area contributed by atoms with Crippen LogP contribution in [0, 0.1) is 17.8 Å². The Morgan fingerprint density at radius 2 is 1.43 bits per heavy atom. The van der Waals surface area contributed by atoms with Crippen LogP contribution in [0.4, 0.5) is 5.69 Å². The van der Waals surface area contributed by atoms with Crippen LogP contribution in [-0.4, -0.2) is 20.4 Å². The molecule has 182 valence electrons. The highest BCUT2D eigenvalue weighted by Crippen LogP contribution is 2.49. The molecule has 35 heavy (non-hydrogen) atoms. The van der Waals surface area contributed by atoms with Crippen molar-refractivity contribution in [3.05, 3.63) is 96.1 Å². The highest BCUT2D eigenvalue weighted by atomic mass is 32.2. The molecule has 0 heterocycles. The lowest BCUT2D eigenvalue weighted by molar-refractivity contribution is -0.116. The summed E-state index contributed by atoms with van der Waals surface area (Å²) in [6, 6.07) is 25.6. The van der Waals surface area contributed by atoms with Gasteiger partial charge in [-0.15, -0.1) is 0 Å². The predicted molar refractivity (Wildman–Crippen MR) is 139 cm³/mol. The molecular weight excluding hydrogens is 456 g/mol. The molecular formula is C29H32N2O3S. The number of nitrogens with one attached hydrogen (secondary N) is 2. The fraction of sp³-hybridized carbons (Fsp3) is 0.345. The molecule has 0 radical (unpaired) electrons. The topological polar surface area (TPSA) is 75.3 Å². The van der Waals surface area contributed by atoms with Crippen LogP contribution in [-0.2, 0) is 14.8 Å². The van der Waals surface area contributed by atoms with E-state index in [0.29, 0.717) is 17.5 Å². The molecule has 2 saturated carbocycles. The number of amides is 1. The second kappa shape index (κ2) is 9.96. The van der Waals surface area contributed by atoms with Crippen molar-refractivity contribution < 1.29 is 13.2 Å². The van der Waals surface area contributed by atoms with Gasteiger partial charge in [0.2, 0.25) is 15.9 Å². The fourth-order valence-corrected chi connectivity index (χ4v) is 7.32. The lowest BCUT2D eigenvalue weighted by Crippen LogP contribution is -2.40. The molecule has 2 aliphatic carbocycles. The lowest BCUT2D eigenvalue weighted by Gasteiger charge is -2.28. The molecule has 3 aromatic rings. The van der Waals surface area contributed by atoms with E-state index in [1.165, 1.54) is 19.3 Å². The number of carbonyl (C=O) groups excluding carboxylic acids is 1. The van der Waals surface area contributed by atoms with Gasteiger partial charge in [0.15, 0.2) is 0 Å². The van der Waals surface area contributed by atoms with Crippen molar-refractivity contribution in [1.82, 2.24) is 4.72 Å². The molecule has 2 fully saturated rings. The van der Waals surface area contributed by atoms with Crippen molar-refractivity contribution in [3.8, 4) is 0 Å². The second-order valence-corrected chi connectivity index (χ2v) is 11.7. The van der Waals surface area contributed by atoms with Crippen molar-refractivity contribution >= 4 is 21.6 Å². The first-order valence-electron chi connectivity index (χ1n) is 12.4. The Bertz CT molecular complexity index is 1220. The van der Waals surface area contributed by atoms with E-state index in [2.05, 4.69) is 10.0 Å². The number of hydrogen-bond acceptors (Lipinski definition) is 3. The van der Waals surface area contributed by atoms with Gasteiger partial charge in [-0.05, 0) is 79.3 Å². The normalized spacial score (nSPS) is 22.3. The summed E-state index contributed by atoms with van der Waals surface area (Å²) in [5.74, 6) is 1.22. The van der Waals surface area contributed by atoms with Crippen molar-refractivity contribution in [3.63, 3.8) is 0 Å². The fourth-order valence-electron chi connectivity index (χ4n) is 6.02. The maximum absolute atomic E-state index is 13.3. The van der Waals surface area contributed by atoms with E-state index < -0.39 is 15.9 Å². The molecule has 4 atom stereocenters. The zero-order valence-corrected chi connectivity index (χ0v) is 20.7. The third-order valence-electron chi connectivity index (χ3n) is 7.74. The van der Waals surface area contributed by atoms with Gasteiger partial charge in [-0.2, -0.15) is 0 Å². The van der Waals surface area contributed by atoms with Gasteiger partial charge < -0.3 is 5.32 Å². The number of fused-ring (bicyclic) bond motifs is 2. The van der Waals surface area contributed by atoms with Crippen molar-refractivity contribution in [2.45, 2.75) is 49.5 Å². The molecule has 6 heteroatoms. The van der Waals surface area contributed by atoms with Crippen LogP contribution in [0.5, 0.6) is 0 Å². The van der Waals surface area contributed by atoms with E-state index in [0.717, 1.165) is 23.5 Å². The van der Waals surface area contributed by atoms with E-state index in [1.54, 1.807) is 24.3 Å². The summed E-state index contributed by atoms with van der Waals surface area (Å²) < 4.78 is 28.9. The number of anilines is 1. The van der Waals surface area contributed by atoms with Gasteiger partial charge in [-0.1, -0.05) is 67.1 Å². The van der Waals surface area contributed by atoms with E-state index >= 15 is 0 Å². The molecule has 1 amide bonds. The Labute approximate surface area is 208 Å². The van der Waals surface area contributed by atoms with Crippen LogP contribution < -0.4 is 10.0 Å². The van der Waals surface area contributed by atoms with Gasteiger partial charge in [0.1, 0.15) is 0 Å². The summed E-state index contributed by atoms with van der Waals surface area (Å²) in [7, 11) is -3.62. The summed E-state index contributed by atoms with van der Waals surface area (Å²) in [5, 5.41) is 2.97. The Hall–Kier alpha value is -2.96. The molecule has 5 nitrogen and oxygen atoms in total. The quantitative estimate of drug-likeness (QED) is 0.436. The Kier molecular flexibility index (Phi) is 6.76. The van der Waals surface area contributed by atoms with Gasteiger partial charge >= 0.3 is 0 Å². The van der Waals surface area contributed by atoms with Crippen LogP contribution in [0.15, 0.2) is 89.8 Å². The first-order valence-corrected chi connectivity index (χ1v) is 13.9. The number of rotatable bonds is 8. The number of benzene rings is 3. The van der Waals surface area contributed by atoms with Crippen molar-refractivity contribution in [2.24, 2.45) is 17.8 Å². The Morgan fingerprint density at radius 3 is 1.94 bits per heavy atom. The monoisotopic (exact) mass is 488 g/mol. The molecule has 0 saturated heterocycles. The van der Waals surface area contributed by atoms with Gasteiger partial charge in [0.25, 0.3) is 0 Å². The van der Waals surface area contributed by atoms with Crippen molar-refractivity contribution in [1.29, 1.82) is 0 Å². The van der Waals surface area contributed by atoms with Crippen LogP contribution >= 0.6 is 0 Å². The lowest BCUT2D eigenvalue weighted by atomic mass is 9.84. The summed E-state index contributed by atoms with van der Waals surface area (Å²) >= 11 is 0. The molecule has 0 unspecified atom stereocenters. The molecule has 0 aliphatic heterocycles. The molecule has 3 aromatic carbocycles. The summed E-state index contributed by atoms with van der Waals surface area (Å²) in [4.78, 5) is 13.5. The average molecular weight is 489 g/mol. The predicted octanol–water partition coefficient (Wildman–Crippen LogP) is 5.56. The molecule has 0 spiro atoms. The van der Waals surface area contributed by atoms with Crippen LogP contribution in [0.1, 0.15) is 49.7 Å². The van der Waals surface area contributed by atoms with Crippen LogP contribution in [0.2, 0.25) is 0 Å². The highest BCUT2D eigenvalue weighted by Gasteiger charge is 2.42. The second-order valence-electron chi connectivity index (χ2n) is 10.0. The summed E-state index contributed by atoms with van der Waals surface area (Å²) in [5.41, 5.74) is 2.36. The minimum Gasteiger partial charge on any atom is -0.325 e. The first kappa shape index (κ1) is 23.8. The standard InChI is InChI=1S/C29H32N2O3S/c1-20(27-19-21-12-13-24(27)18-21)31-35(33,34)26-16-14-25(15-17-26)30-29(32)28(22-8-4-2-5-9-22)23-10-6-3-7-11-23/h2-11,14-17,20-21,24,27-28,31H,12-13,18-19H2,1H3,(H,30,32)/t20-,21-,24-,27-/m1/s1. The van der Waals surface area contributed by atoms with E-state index in [4.69, 9.17) is 0 Å². The number of sulfonamides is 1. The molecule has 2 aliphatic rings. The molecule has 5 rings (SSSR count). The van der Waals surface area contributed by atoms with Crippen LogP contribution in [0.3, 0.4) is 0 Å². The molecule has 0 aromatic heterocycles. The van der Waals surface area contributed by atoms with Crippen molar-refractivity contribution in [2.75, 3.05) is 5.32 Å². The Balaban J connectivity index is 1.28. The van der Waals surface area contributed by atoms with E-state index in [1.807, 2.05) is 67.6 Å². The maximum Gasteiger partial charge on any atom is 0.240 e. The highest BCUT2D eigenvalue weighted by molar-refractivity contribution is 7.89. The molecule has 2 bridgehead atoms. The Morgan fingerprint density at radius 1 is 0.829 bits per heavy atom. The smallest absolute Gasteiger partial charge is 0.240 e. The zero-order valence-electron chi connectivity index (χ0n) is 19.9. The minimum absolute atomic E-state index is 0.0767. The minimum atomic E-state index is -3.62. The SMILES string of the molecule is C[C@@H](NS(=O)(=O)c1ccc(NC(=O)C(c2ccccc2)c2ccccc2)cc1)[C@H]1C[C@@H]2CC[C@@H]1C2. The van der Waals surface area contributed by atoms with Gasteiger partial charge in [-0.3, -0.25) is 4.79 Å². The summed E-state index contributed by atoms with van der Waals surface area (Å²) in [6.07, 6.45) is 4.90. The van der Waals surface area contributed by atoms with Gasteiger partial charge in [0.05, 0.1) is 10.8 Å². The third kappa shape index (κ3) is 5.19. The number of carbonyl (C=O) groups is 1. The van der Waals surface area contributed by atoms with E-state index in [9.17, 15) is 13.2 Å². The maximum atomic E-state index is 13.3. The van der Waals surface area contributed by atoms with Crippen LogP contribution in [0.25, 0.3) is 0 Å². The molecule has 2 N–H and O–H groups in total. The number of hydrogen-bond donors (Lipinski definition) is 2. The first-order chi connectivity index (χ1) is 16.9. The largest absolute Gasteiger partial charge is 0.325 e. The average Bonchev–Trinajstić information content (AvgIpc) is 3.50.